The molecule has 10 heteroatoms. The van der Waals surface area contributed by atoms with Gasteiger partial charge in [0.05, 0.1) is 31.2 Å². The summed E-state index contributed by atoms with van der Waals surface area (Å²) in [6.07, 6.45) is 3.26. The summed E-state index contributed by atoms with van der Waals surface area (Å²) >= 11 is 5.50. The number of carbonyl (C=O) groups is 2. The van der Waals surface area contributed by atoms with Gasteiger partial charge in [0.2, 0.25) is 5.91 Å². The molecule has 0 bridgehead atoms. The van der Waals surface area contributed by atoms with Crippen molar-refractivity contribution in [2.24, 2.45) is 0 Å². The molecule has 3 aromatic carbocycles. The Labute approximate surface area is 224 Å². The van der Waals surface area contributed by atoms with Crippen molar-refractivity contribution in [2.75, 3.05) is 28.9 Å². The molecule has 1 atom stereocenters. The molecular formula is C28H26ClN5O4. The largest absolute Gasteiger partial charge is 0.504 e. The average Bonchev–Trinajstić information content (AvgIpc) is 2.94. The molecule has 0 aliphatic carbocycles. The Bertz CT molecular complexity index is 1450. The van der Waals surface area contributed by atoms with Gasteiger partial charge in [0, 0.05) is 22.5 Å². The van der Waals surface area contributed by atoms with Gasteiger partial charge in [0.25, 0.3) is 5.91 Å². The fourth-order valence-electron chi connectivity index (χ4n) is 3.71. The minimum Gasteiger partial charge on any atom is -0.504 e. The maximum atomic E-state index is 12.7. The van der Waals surface area contributed by atoms with E-state index in [2.05, 4.69) is 25.9 Å². The summed E-state index contributed by atoms with van der Waals surface area (Å²) in [5, 5.41) is 18.7. The van der Waals surface area contributed by atoms with E-state index in [1.807, 2.05) is 31.2 Å². The smallest absolute Gasteiger partial charge is 0.255 e. The van der Waals surface area contributed by atoms with Crippen molar-refractivity contribution in [1.82, 2.24) is 9.97 Å². The lowest BCUT2D eigenvalue weighted by Crippen LogP contribution is -2.14. The molecule has 0 saturated carbocycles. The van der Waals surface area contributed by atoms with Crippen LogP contribution in [0.3, 0.4) is 0 Å². The summed E-state index contributed by atoms with van der Waals surface area (Å²) in [5.74, 6) is 0.230. The lowest BCUT2D eigenvalue weighted by molar-refractivity contribution is -0.113. The van der Waals surface area contributed by atoms with Gasteiger partial charge in [0.1, 0.15) is 11.7 Å². The van der Waals surface area contributed by atoms with Gasteiger partial charge in [-0.25, -0.2) is 4.98 Å². The molecule has 9 nitrogen and oxygen atoms in total. The first-order valence-electron chi connectivity index (χ1n) is 11.7. The molecule has 0 fully saturated rings. The number of rotatable bonds is 9. The predicted molar refractivity (Wildman–Crippen MR) is 148 cm³/mol. The minimum absolute atomic E-state index is 0.0480. The summed E-state index contributed by atoms with van der Waals surface area (Å²) in [6.45, 7) is 1.98. The van der Waals surface area contributed by atoms with Crippen LogP contribution < -0.4 is 20.7 Å². The predicted octanol–water partition coefficient (Wildman–Crippen LogP) is 5.46. The molecule has 0 saturated heterocycles. The quantitative estimate of drug-likeness (QED) is 0.211. The van der Waals surface area contributed by atoms with Crippen LogP contribution >= 0.6 is 11.6 Å². The van der Waals surface area contributed by atoms with Crippen molar-refractivity contribution in [2.45, 2.75) is 13.0 Å². The molecule has 4 aromatic rings. The normalized spacial score (nSPS) is 11.3. The number of nitrogens with one attached hydrogen (secondary N) is 3. The van der Waals surface area contributed by atoms with Crippen LogP contribution in [0.25, 0.3) is 11.3 Å². The fourth-order valence-corrected chi connectivity index (χ4v) is 3.77. The maximum Gasteiger partial charge on any atom is 0.255 e. The molecule has 2 amide bonds. The average molecular weight is 532 g/mol. The summed E-state index contributed by atoms with van der Waals surface area (Å²) < 4.78 is 5.19. The van der Waals surface area contributed by atoms with Gasteiger partial charge in [-0.1, -0.05) is 12.1 Å². The third kappa shape index (κ3) is 6.57. The number of methoxy groups -OCH3 is 1. The van der Waals surface area contributed by atoms with Crippen molar-refractivity contribution in [3.05, 3.63) is 90.3 Å². The molecule has 0 spiro atoms. The lowest BCUT2D eigenvalue weighted by Gasteiger charge is -2.17. The van der Waals surface area contributed by atoms with Crippen LogP contribution in [-0.4, -0.2) is 39.9 Å². The summed E-state index contributed by atoms with van der Waals surface area (Å²) in [7, 11) is 1.49. The van der Waals surface area contributed by atoms with E-state index >= 15 is 0 Å². The standard InChI is InChI=1S/C28H26ClN5O4/c1-17(31-26-16-30-15-23(34-26)20-8-11-24(35)25(13-20)38-2)19-4-3-5-22(12-19)33-28(37)18-6-9-21(10-7-18)32-27(36)14-29/h3-13,15-17,35H,14H2,1-2H3,(H,31,34)(H,32,36)(H,33,37)/t17-/m0/s1. The number of amides is 2. The molecule has 38 heavy (non-hydrogen) atoms. The van der Waals surface area contributed by atoms with E-state index in [4.69, 9.17) is 16.3 Å². The number of hydrogen-bond acceptors (Lipinski definition) is 7. The monoisotopic (exact) mass is 531 g/mol. The van der Waals surface area contributed by atoms with Crippen molar-refractivity contribution in [1.29, 1.82) is 0 Å². The number of benzene rings is 3. The van der Waals surface area contributed by atoms with Gasteiger partial charge in [-0.15, -0.1) is 11.6 Å². The highest BCUT2D eigenvalue weighted by atomic mass is 35.5. The fraction of sp³-hybridized carbons (Fsp3) is 0.143. The number of anilines is 3. The zero-order valence-electron chi connectivity index (χ0n) is 20.7. The highest BCUT2D eigenvalue weighted by Gasteiger charge is 2.12. The van der Waals surface area contributed by atoms with E-state index in [0.29, 0.717) is 34.2 Å². The Morgan fingerprint density at radius 1 is 1.00 bits per heavy atom. The van der Waals surface area contributed by atoms with Crippen LogP contribution in [0.4, 0.5) is 17.2 Å². The van der Waals surface area contributed by atoms with Crippen LogP contribution in [0.2, 0.25) is 0 Å². The number of phenolic OH excluding ortho intramolecular Hbond substituents is 1. The minimum atomic E-state index is -0.318. The first-order valence-corrected chi connectivity index (χ1v) is 12.2. The zero-order chi connectivity index (χ0) is 27.1. The lowest BCUT2D eigenvalue weighted by atomic mass is 10.1. The molecular weight excluding hydrogens is 506 g/mol. The van der Waals surface area contributed by atoms with Gasteiger partial charge < -0.3 is 25.8 Å². The maximum absolute atomic E-state index is 12.7. The van der Waals surface area contributed by atoms with Gasteiger partial charge in [0.15, 0.2) is 11.5 Å². The first-order chi connectivity index (χ1) is 18.4. The number of hydrogen-bond donors (Lipinski definition) is 4. The molecule has 0 unspecified atom stereocenters. The Morgan fingerprint density at radius 2 is 1.79 bits per heavy atom. The Hall–Kier alpha value is -4.63. The molecule has 1 heterocycles. The van der Waals surface area contributed by atoms with Crippen LogP contribution in [0, 0.1) is 0 Å². The van der Waals surface area contributed by atoms with E-state index in [9.17, 15) is 14.7 Å². The van der Waals surface area contributed by atoms with Gasteiger partial charge in [-0.2, -0.15) is 0 Å². The SMILES string of the molecule is COc1cc(-c2cncc(N[C@@H](C)c3cccc(NC(=O)c4ccc(NC(=O)CCl)cc4)c3)n2)ccc1O. The van der Waals surface area contributed by atoms with E-state index in [1.165, 1.54) is 7.11 Å². The van der Waals surface area contributed by atoms with Gasteiger partial charge in [-0.05, 0) is 67.1 Å². The number of nitrogens with zero attached hydrogens (tertiary/aromatic N) is 2. The summed E-state index contributed by atoms with van der Waals surface area (Å²) in [4.78, 5) is 33.1. The van der Waals surface area contributed by atoms with Gasteiger partial charge in [-0.3, -0.25) is 14.6 Å². The molecule has 0 radical (unpaired) electrons. The van der Waals surface area contributed by atoms with Crippen LogP contribution in [-0.2, 0) is 4.79 Å². The van der Waals surface area contributed by atoms with Crippen LogP contribution in [0.1, 0.15) is 28.9 Å². The number of ether oxygens (including phenoxy) is 1. The number of aromatic hydroxyl groups is 1. The number of halogens is 1. The highest BCUT2D eigenvalue weighted by molar-refractivity contribution is 6.29. The second-order valence-electron chi connectivity index (χ2n) is 8.38. The number of phenols is 1. The van der Waals surface area contributed by atoms with E-state index in [0.717, 1.165) is 11.1 Å². The summed E-state index contributed by atoms with van der Waals surface area (Å²) in [6, 6.07) is 18.9. The molecule has 0 aliphatic heterocycles. The third-order valence-corrected chi connectivity index (χ3v) is 5.91. The van der Waals surface area contributed by atoms with Crippen LogP contribution in [0.15, 0.2) is 79.1 Å². The van der Waals surface area contributed by atoms with Crippen molar-refractivity contribution in [3.63, 3.8) is 0 Å². The summed E-state index contributed by atoms with van der Waals surface area (Å²) in [5.41, 5.74) is 3.95. The Kier molecular flexibility index (Phi) is 8.40. The highest BCUT2D eigenvalue weighted by Crippen LogP contribution is 2.31. The van der Waals surface area contributed by atoms with Crippen molar-refractivity contribution < 1.29 is 19.4 Å². The third-order valence-electron chi connectivity index (χ3n) is 5.67. The van der Waals surface area contributed by atoms with E-state index < -0.39 is 0 Å². The van der Waals surface area contributed by atoms with Crippen molar-refractivity contribution in [3.8, 4) is 22.8 Å². The number of alkyl halides is 1. The molecule has 194 valence electrons. The molecule has 4 N–H and O–H groups in total. The topological polar surface area (TPSA) is 125 Å². The van der Waals surface area contributed by atoms with Crippen LogP contribution in [0.5, 0.6) is 11.5 Å². The van der Waals surface area contributed by atoms with E-state index in [1.54, 1.807) is 54.9 Å². The van der Waals surface area contributed by atoms with Crippen molar-refractivity contribution >= 4 is 40.6 Å². The number of carbonyl (C=O) groups excluding carboxylic acids is 2. The zero-order valence-corrected chi connectivity index (χ0v) is 21.5. The van der Waals surface area contributed by atoms with E-state index in [-0.39, 0.29) is 29.5 Å². The molecule has 0 aliphatic rings. The molecule has 4 rings (SSSR count). The Morgan fingerprint density at radius 3 is 2.53 bits per heavy atom. The first kappa shape index (κ1) is 26.4. The number of aromatic nitrogens is 2. The second kappa shape index (κ2) is 12.1. The van der Waals surface area contributed by atoms with Gasteiger partial charge >= 0.3 is 0 Å². The molecule has 1 aromatic heterocycles. The Balaban J connectivity index is 1.43. The second-order valence-corrected chi connectivity index (χ2v) is 8.65.